The van der Waals surface area contributed by atoms with Gasteiger partial charge in [0.25, 0.3) is 5.91 Å². The van der Waals surface area contributed by atoms with Crippen LogP contribution in [0.1, 0.15) is 39.3 Å². The maximum Gasteiger partial charge on any atom is 1.00 e. The van der Waals surface area contributed by atoms with E-state index in [0.29, 0.717) is 38.7 Å². The number of hydrogen-bond acceptors (Lipinski definition) is 10. The van der Waals surface area contributed by atoms with Crippen LogP contribution in [0.3, 0.4) is 0 Å². The van der Waals surface area contributed by atoms with Crippen molar-refractivity contribution < 1.29 is 33.6 Å². The van der Waals surface area contributed by atoms with Gasteiger partial charge in [0.15, 0.2) is 11.6 Å². The molecule has 0 saturated carbocycles. The Morgan fingerprint density at radius 2 is 1.12 bits per heavy atom. The number of aromatic amines is 2. The zero-order chi connectivity index (χ0) is 40.6. The van der Waals surface area contributed by atoms with Gasteiger partial charge in [-0.2, -0.15) is 10.2 Å². The normalized spacial score (nSPS) is 14.4. The van der Waals surface area contributed by atoms with Gasteiger partial charge in [0.2, 0.25) is 0 Å². The topological polar surface area (TPSA) is 166 Å². The molecule has 308 valence electrons. The molecule has 0 radical (unpaired) electrons. The molecule has 0 aliphatic carbocycles. The van der Waals surface area contributed by atoms with Crippen molar-refractivity contribution in [2.75, 3.05) is 76.3 Å². The number of nitrogens with zero attached hydrogens (tertiary/aromatic N) is 6. The summed E-state index contributed by atoms with van der Waals surface area (Å²) in [5.41, 5.74) is 9.44. The van der Waals surface area contributed by atoms with Crippen LogP contribution in [-0.4, -0.2) is 109 Å². The number of rotatable bonds is 7. The number of amides is 1. The monoisotopic (exact) mass is 874 g/mol. The SMILES string of the molecule is C.CN1CCN(c2n[nH]c3cc(C(=O)NCc4ccc(Cl)cc4Cl)ccc23)CC1.CN1CCN(c2n[nH]c3cc(C(=O)[O-])ccc23)CC1.NCc1ccc(Cl)cc1Cl.[Li+]. The standard InChI is InChI=1S/C20H21Cl2N5O.C13H16N4O2.C7H7Cl2N.CH4.Li/c1-26-6-8-27(9-7-26)19-16-5-3-13(10-18(16)24-25-19)20(28)23-12-14-2-4-15(21)11-17(14)22;1-16-4-6-17(7-5-16)12-10-3-2-9(13(18)19)8-11(10)14-15-12;8-6-2-1-5(4-10)7(9)3-6;;/h2-5,10-11H,6-9,12H2,1H3,(H,23,28)(H,24,25);2-3,8H,4-7H2,1H3,(H,14,15)(H,18,19);1-3H,4,10H2;1H4;/q;;;;+1/p-1. The number of nitrogens with two attached hydrogens (primary N) is 1. The summed E-state index contributed by atoms with van der Waals surface area (Å²) in [5, 5.41) is 32.8. The zero-order valence-corrected chi connectivity index (χ0v) is 35.5. The first-order chi connectivity index (χ1) is 27.4. The molecule has 6 aromatic rings. The molecule has 4 heterocycles. The molecule has 1 amide bonds. The van der Waals surface area contributed by atoms with E-state index in [1.54, 1.807) is 42.5 Å². The van der Waals surface area contributed by atoms with Gasteiger partial charge >= 0.3 is 18.9 Å². The molecular weight excluding hydrogens is 829 g/mol. The second kappa shape index (κ2) is 22.0. The van der Waals surface area contributed by atoms with E-state index >= 15 is 0 Å². The molecule has 13 nitrogen and oxygen atoms in total. The number of benzene rings is 4. The molecule has 2 aliphatic rings. The molecule has 2 aromatic heterocycles. The third-order valence-electron chi connectivity index (χ3n) is 9.88. The van der Waals surface area contributed by atoms with Crippen LogP contribution in [0, 0.1) is 0 Å². The number of carbonyl (C=O) groups is 2. The van der Waals surface area contributed by atoms with Crippen LogP contribution in [-0.2, 0) is 13.1 Å². The van der Waals surface area contributed by atoms with Crippen LogP contribution < -0.4 is 44.8 Å². The molecule has 0 unspecified atom stereocenters. The summed E-state index contributed by atoms with van der Waals surface area (Å²) < 4.78 is 0. The Morgan fingerprint density at radius 1 is 0.678 bits per heavy atom. The number of fused-ring (bicyclic) bond motifs is 2. The second-order valence-corrected chi connectivity index (χ2v) is 15.5. The number of carbonyl (C=O) groups excluding carboxylic acids is 2. The fourth-order valence-corrected chi connectivity index (χ4v) is 7.39. The number of anilines is 2. The molecule has 18 heteroatoms. The average Bonchev–Trinajstić information content (AvgIpc) is 3.83. The number of carboxylic acids is 1. The van der Waals surface area contributed by atoms with Crippen molar-refractivity contribution in [3.8, 4) is 0 Å². The van der Waals surface area contributed by atoms with E-state index in [4.69, 9.17) is 52.1 Å². The van der Waals surface area contributed by atoms with Crippen molar-refractivity contribution in [1.29, 1.82) is 0 Å². The van der Waals surface area contributed by atoms with Crippen LogP contribution >= 0.6 is 46.4 Å². The molecule has 59 heavy (non-hydrogen) atoms. The van der Waals surface area contributed by atoms with E-state index in [0.717, 1.165) is 96.9 Å². The molecule has 5 N–H and O–H groups in total. The Bertz CT molecular complexity index is 2340. The Labute approximate surface area is 376 Å². The van der Waals surface area contributed by atoms with Crippen LogP contribution in [0.5, 0.6) is 0 Å². The molecule has 2 saturated heterocycles. The van der Waals surface area contributed by atoms with Gasteiger partial charge in [0, 0.05) is 102 Å². The summed E-state index contributed by atoms with van der Waals surface area (Å²) in [5.74, 6) is 0.511. The third-order valence-corrected chi connectivity index (χ3v) is 11.1. The number of H-pyrrole nitrogens is 2. The summed E-state index contributed by atoms with van der Waals surface area (Å²) in [4.78, 5) is 32.5. The molecule has 2 fully saturated rings. The van der Waals surface area contributed by atoms with E-state index in [1.807, 2.05) is 30.3 Å². The zero-order valence-electron chi connectivity index (χ0n) is 32.5. The largest absolute Gasteiger partial charge is 1.00 e. The number of carboxylic acid groups (broad SMARTS) is 1. The van der Waals surface area contributed by atoms with Gasteiger partial charge in [0.05, 0.1) is 17.0 Å². The summed E-state index contributed by atoms with van der Waals surface area (Å²) >= 11 is 23.5. The van der Waals surface area contributed by atoms with Crippen LogP contribution in [0.15, 0.2) is 72.8 Å². The van der Waals surface area contributed by atoms with Gasteiger partial charge in [0.1, 0.15) is 0 Å². The minimum absolute atomic E-state index is 0. The molecule has 2 aliphatic heterocycles. The first-order valence-electron chi connectivity index (χ1n) is 18.3. The average molecular weight is 877 g/mol. The maximum atomic E-state index is 12.6. The number of nitrogens with one attached hydrogen (secondary N) is 3. The maximum absolute atomic E-state index is 12.6. The van der Waals surface area contributed by atoms with Crippen molar-refractivity contribution >= 4 is 91.7 Å². The van der Waals surface area contributed by atoms with E-state index < -0.39 is 5.97 Å². The molecular formula is C41H47Cl4LiN10O3. The number of hydrogen-bond donors (Lipinski definition) is 4. The Morgan fingerprint density at radius 3 is 1.56 bits per heavy atom. The number of piperazine rings is 2. The fourth-order valence-electron chi connectivity index (χ4n) is 6.43. The summed E-state index contributed by atoms with van der Waals surface area (Å²) in [7, 11) is 4.23. The predicted molar refractivity (Wildman–Crippen MR) is 235 cm³/mol. The minimum atomic E-state index is -1.17. The smallest absolute Gasteiger partial charge is 0.545 e. The van der Waals surface area contributed by atoms with Crippen molar-refractivity contribution in [2.24, 2.45) is 5.73 Å². The van der Waals surface area contributed by atoms with E-state index in [9.17, 15) is 14.7 Å². The van der Waals surface area contributed by atoms with Gasteiger partial charge in [-0.1, -0.05) is 72.0 Å². The van der Waals surface area contributed by atoms with Crippen LogP contribution in [0.4, 0.5) is 11.6 Å². The number of aromatic carboxylic acids is 1. The van der Waals surface area contributed by atoms with Gasteiger partial charge in [-0.15, -0.1) is 0 Å². The molecule has 0 atom stereocenters. The number of aromatic nitrogens is 4. The molecule has 4 aromatic carbocycles. The molecule has 0 spiro atoms. The fraction of sp³-hybridized carbons (Fsp3) is 0.317. The first-order valence-corrected chi connectivity index (χ1v) is 19.8. The quantitative estimate of drug-likeness (QED) is 0.175. The minimum Gasteiger partial charge on any atom is -0.545 e. The van der Waals surface area contributed by atoms with E-state index in [2.05, 4.69) is 59.4 Å². The summed E-state index contributed by atoms with van der Waals surface area (Å²) in [6.07, 6.45) is 0. The van der Waals surface area contributed by atoms with Crippen LogP contribution in [0.2, 0.25) is 20.1 Å². The van der Waals surface area contributed by atoms with E-state index in [-0.39, 0.29) is 37.8 Å². The van der Waals surface area contributed by atoms with Crippen molar-refractivity contribution in [2.45, 2.75) is 20.5 Å². The van der Waals surface area contributed by atoms with Gasteiger partial charge in [-0.25, -0.2) is 0 Å². The van der Waals surface area contributed by atoms with Gasteiger partial charge < -0.3 is 40.6 Å². The summed E-state index contributed by atoms with van der Waals surface area (Å²) in [6, 6.07) is 21.1. The van der Waals surface area contributed by atoms with Crippen molar-refractivity contribution in [1.82, 2.24) is 35.5 Å². The Balaban J connectivity index is 0.000000214. The third kappa shape index (κ3) is 12.3. The van der Waals surface area contributed by atoms with Crippen molar-refractivity contribution in [3.63, 3.8) is 0 Å². The Hall–Kier alpha value is -4.00. The number of halogens is 4. The molecule has 8 rings (SSSR count). The molecule has 0 bridgehead atoms. The Kier molecular flexibility index (Phi) is 17.8. The number of likely N-dealkylation sites (N-methyl/N-ethyl adjacent to an activating group) is 2. The van der Waals surface area contributed by atoms with Gasteiger partial charge in [-0.3, -0.25) is 15.0 Å². The van der Waals surface area contributed by atoms with Crippen LogP contribution in [0.25, 0.3) is 21.8 Å². The second-order valence-electron chi connectivity index (χ2n) is 13.8. The summed E-state index contributed by atoms with van der Waals surface area (Å²) in [6.45, 7) is 8.58. The first kappa shape index (κ1) is 47.7. The van der Waals surface area contributed by atoms with Gasteiger partial charge in [-0.05, 0) is 85.4 Å². The van der Waals surface area contributed by atoms with E-state index in [1.165, 1.54) is 0 Å². The van der Waals surface area contributed by atoms with Crippen molar-refractivity contribution in [3.05, 3.63) is 115 Å². The predicted octanol–water partition coefficient (Wildman–Crippen LogP) is 3.32.